The molecule has 1 N–H and O–H groups in total. The Morgan fingerprint density at radius 2 is 2.30 bits per heavy atom. The third-order valence-electron chi connectivity index (χ3n) is 5.92. The average Bonchev–Trinajstić information content (AvgIpc) is 3.30. The molecule has 1 amide bonds. The maximum absolute atomic E-state index is 12.9. The highest BCUT2D eigenvalue weighted by atomic mass is 32.1. The van der Waals surface area contributed by atoms with Gasteiger partial charge in [-0.25, -0.2) is 0 Å². The van der Waals surface area contributed by atoms with E-state index in [2.05, 4.69) is 6.07 Å². The van der Waals surface area contributed by atoms with Crippen molar-refractivity contribution in [3.8, 4) is 0 Å². The van der Waals surface area contributed by atoms with E-state index in [0.29, 0.717) is 12.5 Å². The van der Waals surface area contributed by atoms with Crippen LogP contribution in [0.25, 0.3) is 10.1 Å². The molecule has 2 aromatic rings. The van der Waals surface area contributed by atoms with E-state index in [0.717, 1.165) is 34.3 Å². The van der Waals surface area contributed by atoms with Crippen molar-refractivity contribution in [3.05, 3.63) is 35.2 Å². The third-order valence-corrected chi connectivity index (χ3v) is 7.02. The Hall–Kier alpha value is -1.43. The molecule has 1 aromatic carbocycles. The number of carbonyl (C=O) groups is 1. The van der Waals surface area contributed by atoms with E-state index >= 15 is 0 Å². The van der Waals surface area contributed by atoms with Crippen molar-refractivity contribution in [1.82, 2.24) is 4.90 Å². The number of carbonyl (C=O) groups excluding carboxylic acids is 1. The molecule has 2 bridgehead atoms. The molecule has 3 aliphatic rings. The number of likely N-dealkylation sites (tertiary alicyclic amines) is 1. The molecule has 3 saturated heterocycles. The number of thiophene rings is 1. The Morgan fingerprint density at radius 3 is 3.13 bits per heavy atom. The molecule has 3 fully saturated rings. The first-order chi connectivity index (χ1) is 11.2. The number of amides is 1. The predicted octanol–water partition coefficient (Wildman–Crippen LogP) is 2.51. The highest BCUT2D eigenvalue weighted by molar-refractivity contribution is 7.20. The Labute approximate surface area is 138 Å². The van der Waals surface area contributed by atoms with E-state index in [1.807, 2.05) is 29.2 Å². The van der Waals surface area contributed by atoms with Gasteiger partial charge in [0, 0.05) is 29.7 Å². The van der Waals surface area contributed by atoms with Crippen molar-refractivity contribution in [2.45, 2.75) is 24.5 Å². The Balaban J connectivity index is 1.44. The van der Waals surface area contributed by atoms with Gasteiger partial charge in [0.15, 0.2) is 0 Å². The molecule has 23 heavy (non-hydrogen) atoms. The quantitative estimate of drug-likeness (QED) is 0.921. The summed E-state index contributed by atoms with van der Waals surface area (Å²) in [5.74, 6) is 0.604. The van der Waals surface area contributed by atoms with Crippen LogP contribution in [0.2, 0.25) is 0 Å². The smallest absolute Gasteiger partial charge is 0.264 e. The summed E-state index contributed by atoms with van der Waals surface area (Å²) in [4.78, 5) is 15.7. The predicted molar refractivity (Wildman–Crippen MR) is 88.6 cm³/mol. The first-order valence-corrected chi connectivity index (χ1v) is 9.08. The third kappa shape index (κ3) is 1.87. The topological polar surface area (TPSA) is 49.8 Å². The number of aliphatic hydroxyl groups is 1. The summed E-state index contributed by atoms with van der Waals surface area (Å²) in [5, 5.41) is 10.8. The zero-order chi connectivity index (χ0) is 15.6. The van der Waals surface area contributed by atoms with Gasteiger partial charge in [0.2, 0.25) is 0 Å². The first-order valence-electron chi connectivity index (χ1n) is 8.27. The summed E-state index contributed by atoms with van der Waals surface area (Å²) in [6, 6.07) is 10.1. The number of fused-ring (bicyclic) bond motifs is 2. The van der Waals surface area contributed by atoms with Crippen LogP contribution >= 0.6 is 11.3 Å². The molecule has 3 aliphatic heterocycles. The summed E-state index contributed by atoms with van der Waals surface area (Å²) >= 11 is 1.56. The second-order valence-electron chi connectivity index (χ2n) is 7.05. The molecule has 1 spiro atoms. The lowest BCUT2D eigenvalue weighted by Crippen LogP contribution is -2.38. The van der Waals surface area contributed by atoms with E-state index in [1.54, 1.807) is 11.3 Å². The van der Waals surface area contributed by atoms with E-state index in [4.69, 9.17) is 4.74 Å². The van der Waals surface area contributed by atoms with E-state index in [-0.39, 0.29) is 30.1 Å². The summed E-state index contributed by atoms with van der Waals surface area (Å²) < 4.78 is 7.36. The lowest BCUT2D eigenvalue weighted by molar-refractivity contribution is 0.00160. The van der Waals surface area contributed by atoms with Gasteiger partial charge in [0.05, 0.1) is 23.1 Å². The van der Waals surface area contributed by atoms with Gasteiger partial charge in [-0.05, 0) is 30.4 Å². The summed E-state index contributed by atoms with van der Waals surface area (Å²) in [6.07, 6.45) is 2.24. The minimum atomic E-state index is -0.190. The fourth-order valence-electron chi connectivity index (χ4n) is 4.83. The maximum atomic E-state index is 12.9. The van der Waals surface area contributed by atoms with Gasteiger partial charge in [-0.1, -0.05) is 18.2 Å². The summed E-state index contributed by atoms with van der Waals surface area (Å²) in [7, 11) is 0. The number of nitrogens with zero attached hydrogens (tertiary/aromatic N) is 1. The van der Waals surface area contributed by atoms with Crippen molar-refractivity contribution in [1.29, 1.82) is 0 Å². The highest BCUT2D eigenvalue weighted by Crippen LogP contribution is 2.54. The summed E-state index contributed by atoms with van der Waals surface area (Å²) in [6.45, 7) is 1.56. The lowest BCUT2D eigenvalue weighted by Gasteiger charge is -2.27. The largest absolute Gasteiger partial charge is 0.396 e. The van der Waals surface area contributed by atoms with Gasteiger partial charge in [0.25, 0.3) is 5.91 Å². The number of aliphatic hydroxyl groups excluding tert-OH is 1. The Bertz CT molecular complexity index is 754. The number of hydrogen-bond acceptors (Lipinski definition) is 4. The van der Waals surface area contributed by atoms with Crippen LogP contribution in [0.15, 0.2) is 30.3 Å². The Morgan fingerprint density at radius 1 is 1.43 bits per heavy atom. The number of rotatable bonds is 2. The first kappa shape index (κ1) is 14.0. The fraction of sp³-hybridized carbons (Fsp3) is 0.500. The maximum Gasteiger partial charge on any atom is 0.264 e. The molecule has 1 aromatic heterocycles. The zero-order valence-electron chi connectivity index (χ0n) is 12.8. The van der Waals surface area contributed by atoms with E-state index < -0.39 is 0 Å². The average molecular weight is 329 g/mol. The molecular formula is C18H19NO3S. The molecule has 0 unspecified atom stereocenters. The second-order valence-corrected chi connectivity index (χ2v) is 8.13. The van der Waals surface area contributed by atoms with Crippen molar-refractivity contribution < 1.29 is 14.6 Å². The number of ether oxygens (including phenoxy) is 1. The number of benzene rings is 1. The van der Waals surface area contributed by atoms with Crippen molar-refractivity contribution in [2.24, 2.45) is 11.8 Å². The Kier molecular flexibility index (Phi) is 2.90. The van der Waals surface area contributed by atoms with Gasteiger partial charge in [-0.3, -0.25) is 4.79 Å². The minimum Gasteiger partial charge on any atom is -0.396 e. The van der Waals surface area contributed by atoms with Crippen LogP contribution in [0.4, 0.5) is 0 Å². The van der Waals surface area contributed by atoms with Crippen molar-refractivity contribution in [3.63, 3.8) is 0 Å². The van der Waals surface area contributed by atoms with Gasteiger partial charge < -0.3 is 14.7 Å². The van der Waals surface area contributed by atoms with Crippen LogP contribution in [0.1, 0.15) is 22.5 Å². The molecule has 0 saturated carbocycles. The molecule has 120 valence electrons. The molecule has 0 radical (unpaired) electrons. The van der Waals surface area contributed by atoms with Gasteiger partial charge in [0.1, 0.15) is 0 Å². The molecule has 5 heteroatoms. The number of hydrogen-bond donors (Lipinski definition) is 1. The van der Waals surface area contributed by atoms with Crippen LogP contribution in [-0.4, -0.2) is 47.3 Å². The molecule has 4 nitrogen and oxygen atoms in total. The zero-order valence-corrected chi connectivity index (χ0v) is 13.6. The minimum absolute atomic E-state index is 0.110. The normalized spacial score (nSPS) is 35.2. The standard InChI is InChI=1S/C18H19NO3S/c20-9-12-13-8-19(10-18(13)6-5-14(12)22-18)17(21)16-7-11-3-1-2-4-15(11)23-16/h1-4,7,12-14,20H,5-6,8-10H2/t12-,13+,14+,18+/m0/s1. The van der Waals surface area contributed by atoms with Crippen LogP contribution in [0.3, 0.4) is 0 Å². The molecule has 4 heterocycles. The summed E-state index contributed by atoms with van der Waals surface area (Å²) in [5.41, 5.74) is -0.190. The van der Waals surface area contributed by atoms with Crippen LogP contribution in [-0.2, 0) is 4.74 Å². The second kappa shape index (κ2) is 4.79. The van der Waals surface area contributed by atoms with Gasteiger partial charge >= 0.3 is 0 Å². The van der Waals surface area contributed by atoms with Gasteiger partial charge in [-0.2, -0.15) is 0 Å². The van der Waals surface area contributed by atoms with Gasteiger partial charge in [-0.15, -0.1) is 11.3 Å². The molecule has 4 atom stereocenters. The van der Waals surface area contributed by atoms with E-state index in [9.17, 15) is 9.90 Å². The van der Waals surface area contributed by atoms with Crippen LogP contribution in [0, 0.1) is 11.8 Å². The lowest BCUT2D eigenvalue weighted by atomic mass is 9.74. The van der Waals surface area contributed by atoms with Crippen LogP contribution < -0.4 is 0 Å². The fourth-order valence-corrected chi connectivity index (χ4v) is 5.86. The monoisotopic (exact) mass is 329 g/mol. The van der Waals surface area contributed by atoms with Crippen LogP contribution in [0.5, 0.6) is 0 Å². The van der Waals surface area contributed by atoms with Crippen molar-refractivity contribution >= 4 is 27.3 Å². The van der Waals surface area contributed by atoms with Crippen molar-refractivity contribution in [2.75, 3.05) is 19.7 Å². The SMILES string of the molecule is O=C(c1cc2ccccc2s1)N1C[C@@H]2[C@H](CO)[C@H]3CC[C@]2(C1)O3. The molecular weight excluding hydrogens is 310 g/mol. The van der Waals surface area contributed by atoms with E-state index in [1.165, 1.54) is 0 Å². The molecule has 0 aliphatic carbocycles. The molecule has 5 rings (SSSR count). The highest BCUT2D eigenvalue weighted by Gasteiger charge is 2.63.